The molecule has 9 heavy (non-hydrogen) atoms. The predicted molar refractivity (Wildman–Crippen MR) is 43.1 cm³/mol. The highest BCUT2D eigenvalue weighted by molar-refractivity contribution is 7.88. The summed E-state index contributed by atoms with van der Waals surface area (Å²) in [6.07, 6.45) is 4.97. The van der Waals surface area contributed by atoms with E-state index in [0.29, 0.717) is 10.8 Å². The fourth-order valence-electron chi connectivity index (χ4n) is 0.272. The van der Waals surface area contributed by atoms with Crippen molar-refractivity contribution in [1.82, 2.24) is 0 Å². The second-order valence-corrected chi connectivity index (χ2v) is 3.22. The van der Waals surface area contributed by atoms with Crippen molar-refractivity contribution in [2.75, 3.05) is 12.1 Å². The molecule has 1 atom stereocenters. The molecule has 0 rings (SSSR count). The van der Waals surface area contributed by atoms with Gasteiger partial charge < -0.3 is 0 Å². The van der Waals surface area contributed by atoms with E-state index in [9.17, 15) is 4.21 Å². The van der Waals surface area contributed by atoms with E-state index in [0.717, 1.165) is 0 Å². The molecule has 0 aromatic heterocycles. The van der Waals surface area contributed by atoms with Crippen molar-refractivity contribution >= 4 is 22.4 Å². The molecule has 0 saturated carbocycles. The Labute approximate surface area is 62.9 Å². The zero-order valence-corrected chi connectivity index (χ0v) is 6.84. The molecule has 0 aliphatic carbocycles. The molecule has 0 aliphatic heterocycles. The Kier molecular flexibility index (Phi) is 4.72. The van der Waals surface area contributed by atoms with Gasteiger partial charge in [0.2, 0.25) is 0 Å². The first-order chi connectivity index (χ1) is 4.18. The summed E-state index contributed by atoms with van der Waals surface area (Å²) in [6.45, 7) is 3.55. The molecule has 0 aromatic carbocycles. The van der Waals surface area contributed by atoms with Crippen LogP contribution in [0.25, 0.3) is 0 Å². The second kappa shape index (κ2) is 4.77. The van der Waals surface area contributed by atoms with Crippen LogP contribution < -0.4 is 0 Å². The average molecular weight is 165 g/mol. The highest BCUT2D eigenvalue weighted by atomic mass is 35.5. The molecule has 0 N–H and O–H groups in total. The minimum Gasteiger partial charge on any atom is -0.255 e. The fourth-order valence-corrected chi connectivity index (χ4v) is 0.649. The van der Waals surface area contributed by atoms with Gasteiger partial charge in [-0.1, -0.05) is 12.7 Å². The van der Waals surface area contributed by atoms with Crippen LogP contribution in [0.15, 0.2) is 23.6 Å². The molecule has 1 nitrogen and oxygen atoms in total. The number of rotatable bonds is 3. The van der Waals surface area contributed by atoms with E-state index < -0.39 is 10.8 Å². The van der Waals surface area contributed by atoms with Crippen molar-refractivity contribution in [3.05, 3.63) is 23.6 Å². The highest BCUT2D eigenvalue weighted by Crippen LogP contribution is 1.96. The van der Waals surface area contributed by atoms with Gasteiger partial charge in [-0.05, 0) is 6.08 Å². The summed E-state index contributed by atoms with van der Waals surface area (Å²) in [5.74, 6) is 0.441. The van der Waals surface area contributed by atoms with Crippen molar-refractivity contribution in [2.24, 2.45) is 0 Å². The molecular weight excluding hydrogens is 156 g/mol. The van der Waals surface area contributed by atoms with E-state index in [2.05, 4.69) is 6.58 Å². The van der Waals surface area contributed by atoms with Crippen molar-refractivity contribution in [3.63, 3.8) is 0 Å². The molecule has 0 bridgehead atoms. The maximum absolute atomic E-state index is 10.6. The molecule has 3 heteroatoms. The van der Waals surface area contributed by atoms with Gasteiger partial charge in [-0.25, -0.2) is 0 Å². The zero-order chi connectivity index (χ0) is 7.28. The van der Waals surface area contributed by atoms with Crippen LogP contribution in [0.2, 0.25) is 0 Å². The van der Waals surface area contributed by atoms with Crippen LogP contribution in [0.5, 0.6) is 0 Å². The van der Waals surface area contributed by atoms with Crippen LogP contribution in [0.4, 0.5) is 0 Å². The minimum absolute atomic E-state index is 0.441. The molecule has 0 heterocycles. The van der Waals surface area contributed by atoms with Gasteiger partial charge in [0.05, 0.1) is 0 Å². The summed E-state index contributed by atoms with van der Waals surface area (Å²) in [6, 6.07) is 0. The standard InChI is InChI=1S/C6H9ClOS/c1-6(9(2)8)4-3-5-7/h3-4H,1,5H2,2H3/b4-3-/t9-/m1/s1. The average Bonchev–Trinajstić information content (AvgIpc) is 1.82. The Morgan fingerprint density at radius 1 is 1.89 bits per heavy atom. The lowest BCUT2D eigenvalue weighted by atomic mass is 10.5. The molecule has 0 radical (unpaired) electrons. The lowest BCUT2D eigenvalue weighted by Gasteiger charge is -1.88. The van der Waals surface area contributed by atoms with E-state index >= 15 is 0 Å². The Hall–Kier alpha value is -0.0800. The van der Waals surface area contributed by atoms with Gasteiger partial charge in [0, 0.05) is 27.8 Å². The first-order valence-corrected chi connectivity index (χ1v) is 4.52. The SMILES string of the molecule is C=C(/C=C\CCl)[S@@](C)=O. The smallest absolute Gasteiger partial charge is 0.0491 e. The van der Waals surface area contributed by atoms with E-state index in [1.165, 1.54) is 0 Å². The summed E-state index contributed by atoms with van der Waals surface area (Å²) < 4.78 is 10.6. The van der Waals surface area contributed by atoms with Crippen LogP contribution in [-0.4, -0.2) is 16.3 Å². The van der Waals surface area contributed by atoms with E-state index in [1.807, 2.05) is 0 Å². The number of alkyl halides is 1. The highest BCUT2D eigenvalue weighted by Gasteiger charge is 1.89. The van der Waals surface area contributed by atoms with E-state index in [-0.39, 0.29) is 0 Å². The summed E-state index contributed by atoms with van der Waals surface area (Å²) >= 11 is 5.32. The Morgan fingerprint density at radius 3 is 2.78 bits per heavy atom. The summed E-state index contributed by atoms with van der Waals surface area (Å²) in [7, 11) is -0.952. The van der Waals surface area contributed by atoms with Crippen LogP contribution in [-0.2, 0) is 10.8 Å². The summed E-state index contributed by atoms with van der Waals surface area (Å²) in [5.41, 5.74) is 0. The Balaban J connectivity index is 3.77. The van der Waals surface area contributed by atoms with Crippen LogP contribution in [0, 0.1) is 0 Å². The monoisotopic (exact) mass is 164 g/mol. The first-order valence-electron chi connectivity index (χ1n) is 2.43. The topological polar surface area (TPSA) is 17.1 Å². The lowest BCUT2D eigenvalue weighted by molar-refractivity contribution is 0.691. The van der Waals surface area contributed by atoms with Crippen LogP contribution in [0.1, 0.15) is 0 Å². The minimum atomic E-state index is -0.952. The molecule has 52 valence electrons. The third-order valence-corrected chi connectivity index (χ3v) is 1.81. The Bertz CT molecular complexity index is 151. The molecule has 0 aromatic rings. The van der Waals surface area contributed by atoms with Gasteiger partial charge in [-0.2, -0.15) is 0 Å². The molecule has 0 amide bonds. The third kappa shape index (κ3) is 4.43. The molecule has 0 spiro atoms. The molecule has 0 aliphatic rings. The maximum atomic E-state index is 10.6. The van der Waals surface area contributed by atoms with Crippen LogP contribution in [0.3, 0.4) is 0 Å². The predicted octanol–water partition coefficient (Wildman–Crippen LogP) is 1.67. The van der Waals surface area contributed by atoms with Crippen molar-refractivity contribution in [3.8, 4) is 0 Å². The first kappa shape index (κ1) is 8.92. The quantitative estimate of drug-likeness (QED) is 0.458. The van der Waals surface area contributed by atoms with Crippen molar-refractivity contribution in [1.29, 1.82) is 0 Å². The number of hydrogen-bond acceptors (Lipinski definition) is 1. The van der Waals surface area contributed by atoms with Gasteiger partial charge in [0.25, 0.3) is 0 Å². The van der Waals surface area contributed by atoms with Crippen molar-refractivity contribution in [2.45, 2.75) is 0 Å². The van der Waals surface area contributed by atoms with Crippen LogP contribution >= 0.6 is 11.6 Å². The zero-order valence-electron chi connectivity index (χ0n) is 5.26. The molecule has 0 fully saturated rings. The Morgan fingerprint density at radius 2 is 2.44 bits per heavy atom. The van der Waals surface area contributed by atoms with E-state index in [1.54, 1.807) is 18.4 Å². The number of hydrogen-bond donors (Lipinski definition) is 0. The lowest BCUT2D eigenvalue weighted by Crippen LogP contribution is -1.84. The van der Waals surface area contributed by atoms with Gasteiger partial charge in [0.15, 0.2) is 0 Å². The van der Waals surface area contributed by atoms with E-state index in [4.69, 9.17) is 11.6 Å². The van der Waals surface area contributed by atoms with Gasteiger partial charge in [-0.3, -0.25) is 4.21 Å². The number of allylic oxidation sites excluding steroid dienone is 2. The molecular formula is C6H9ClOS. The normalized spacial score (nSPS) is 14.0. The van der Waals surface area contributed by atoms with Gasteiger partial charge in [0.1, 0.15) is 0 Å². The maximum Gasteiger partial charge on any atom is 0.0491 e. The molecule has 0 saturated heterocycles. The summed E-state index contributed by atoms with van der Waals surface area (Å²) in [5, 5.41) is 0. The van der Waals surface area contributed by atoms with Gasteiger partial charge >= 0.3 is 0 Å². The van der Waals surface area contributed by atoms with Crippen molar-refractivity contribution < 1.29 is 4.21 Å². The fraction of sp³-hybridized carbons (Fsp3) is 0.333. The molecule has 0 unspecified atom stereocenters. The summed E-state index contributed by atoms with van der Waals surface area (Å²) in [4.78, 5) is 0.607. The number of halogens is 1. The third-order valence-electron chi connectivity index (χ3n) is 0.762. The largest absolute Gasteiger partial charge is 0.255 e. The second-order valence-electron chi connectivity index (χ2n) is 1.48. The van der Waals surface area contributed by atoms with Gasteiger partial charge in [-0.15, -0.1) is 11.6 Å².